The van der Waals surface area contributed by atoms with Gasteiger partial charge < -0.3 is 19.8 Å². The lowest BCUT2D eigenvalue weighted by atomic mass is 9.98. The van der Waals surface area contributed by atoms with Crippen LogP contribution >= 0.6 is 0 Å². The summed E-state index contributed by atoms with van der Waals surface area (Å²) in [4.78, 5) is 41.9. The number of carbonyl (C=O) groups excluding carboxylic acids is 2. The van der Waals surface area contributed by atoms with Crippen LogP contribution < -0.4 is 10.9 Å². The first kappa shape index (κ1) is 19.4. The van der Waals surface area contributed by atoms with Gasteiger partial charge in [0.05, 0.1) is 13.7 Å². The third-order valence-electron chi connectivity index (χ3n) is 5.00. The zero-order valence-electron chi connectivity index (χ0n) is 16.2. The van der Waals surface area contributed by atoms with Crippen molar-refractivity contribution >= 4 is 12.1 Å². The molecule has 1 aliphatic carbocycles. The summed E-state index contributed by atoms with van der Waals surface area (Å²) in [5.74, 6) is -0.624. The molecule has 8 nitrogen and oxygen atoms in total. The molecule has 1 aromatic heterocycles. The van der Waals surface area contributed by atoms with Gasteiger partial charge in [0.15, 0.2) is 0 Å². The Bertz CT molecular complexity index is 1130. The molecule has 1 heterocycles. The molecular weight excluding hydrogens is 386 g/mol. The molecule has 0 aliphatic heterocycles. The summed E-state index contributed by atoms with van der Waals surface area (Å²) in [5.41, 5.74) is 3.69. The highest BCUT2D eigenvalue weighted by molar-refractivity contribution is 5.88. The van der Waals surface area contributed by atoms with Gasteiger partial charge in [0.2, 0.25) is 0 Å². The molecule has 4 rings (SSSR count). The summed E-state index contributed by atoms with van der Waals surface area (Å²) in [7, 11) is 1.17. The summed E-state index contributed by atoms with van der Waals surface area (Å²) in [6.45, 7) is 0.137. The molecule has 30 heavy (non-hydrogen) atoms. The van der Waals surface area contributed by atoms with E-state index >= 15 is 0 Å². The number of benzene rings is 2. The van der Waals surface area contributed by atoms with E-state index in [4.69, 9.17) is 4.74 Å². The Hall–Kier alpha value is -3.94. The van der Waals surface area contributed by atoms with Crippen molar-refractivity contribution in [3.8, 4) is 11.1 Å². The maximum Gasteiger partial charge on any atom is 0.407 e. The summed E-state index contributed by atoms with van der Waals surface area (Å²) >= 11 is 0. The molecule has 0 saturated heterocycles. The van der Waals surface area contributed by atoms with Gasteiger partial charge in [0, 0.05) is 12.1 Å². The predicted molar refractivity (Wildman–Crippen MR) is 108 cm³/mol. The summed E-state index contributed by atoms with van der Waals surface area (Å²) in [6.07, 6.45) is 0.482. The standard InChI is InChI=1S/C22H19N3O5/c1-29-21(27)17-10-23-19(25-20(17)26)11-24-22(28)30-12-18-15-8-4-2-6-13(15)14-7-3-5-9-16(14)18/h2-10,18H,11-12H2,1H3,(H,24,28)(H,23,25,26). The molecule has 8 heteroatoms. The lowest BCUT2D eigenvalue weighted by Crippen LogP contribution is -2.28. The zero-order chi connectivity index (χ0) is 21.1. The van der Waals surface area contributed by atoms with Crippen molar-refractivity contribution in [1.29, 1.82) is 0 Å². The number of esters is 1. The van der Waals surface area contributed by atoms with Crippen LogP contribution in [0.4, 0.5) is 4.79 Å². The van der Waals surface area contributed by atoms with E-state index in [0.29, 0.717) is 0 Å². The van der Waals surface area contributed by atoms with E-state index in [1.54, 1.807) is 0 Å². The fourth-order valence-electron chi connectivity index (χ4n) is 3.58. The topological polar surface area (TPSA) is 110 Å². The number of amides is 1. The number of alkyl carbamates (subject to hydrolysis) is 1. The third kappa shape index (κ3) is 3.67. The smallest absolute Gasteiger partial charge is 0.407 e. The van der Waals surface area contributed by atoms with E-state index in [0.717, 1.165) is 28.5 Å². The number of rotatable bonds is 5. The van der Waals surface area contributed by atoms with E-state index in [2.05, 4.69) is 32.2 Å². The summed E-state index contributed by atoms with van der Waals surface area (Å²) in [6, 6.07) is 16.1. The minimum atomic E-state index is -0.778. The van der Waals surface area contributed by atoms with Crippen molar-refractivity contribution in [3.05, 3.63) is 87.6 Å². The highest BCUT2D eigenvalue weighted by Crippen LogP contribution is 2.44. The average Bonchev–Trinajstić information content (AvgIpc) is 3.09. The van der Waals surface area contributed by atoms with Crippen LogP contribution in [0, 0.1) is 0 Å². The molecule has 2 N–H and O–H groups in total. The molecular formula is C22H19N3O5. The largest absolute Gasteiger partial charge is 0.465 e. The Morgan fingerprint density at radius 2 is 1.70 bits per heavy atom. The van der Waals surface area contributed by atoms with E-state index in [1.165, 1.54) is 7.11 Å². The van der Waals surface area contributed by atoms with Crippen molar-refractivity contribution in [3.63, 3.8) is 0 Å². The van der Waals surface area contributed by atoms with Gasteiger partial charge in [0.1, 0.15) is 18.0 Å². The van der Waals surface area contributed by atoms with Crippen LogP contribution in [0.3, 0.4) is 0 Å². The lowest BCUT2D eigenvalue weighted by molar-refractivity contribution is 0.0598. The van der Waals surface area contributed by atoms with E-state index in [9.17, 15) is 14.4 Å². The molecule has 0 atom stereocenters. The van der Waals surface area contributed by atoms with E-state index in [1.807, 2.05) is 36.4 Å². The Morgan fingerprint density at radius 3 is 2.30 bits per heavy atom. The van der Waals surface area contributed by atoms with Crippen LogP contribution in [0.25, 0.3) is 11.1 Å². The van der Waals surface area contributed by atoms with Crippen molar-refractivity contribution in [2.24, 2.45) is 0 Å². The second kappa shape index (κ2) is 8.20. The number of H-pyrrole nitrogens is 1. The van der Waals surface area contributed by atoms with Crippen molar-refractivity contribution < 1.29 is 19.1 Å². The van der Waals surface area contributed by atoms with Gasteiger partial charge >= 0.3 is 12.1 Å². The molecule has 1 aliphatic rings. The fraction of sp³-hybridized carbons (Fsp3) is 0.182. The van der Waals surface area contributed by atoms with Crippen LogP contribution in [0.15, 0.2) is 59.5 Å². The summed E-state index contributed by atoms with van der Waals surface area (Å²) < 4.78 is 9.92. The number of fused-ring (bicyclic) bond motifs is 3. The van der Waals surface area contributed by atoms with Gasteiger partial charge in [0.25, 0.3) is 5.56 Å². The first-order valence-corrected chi connectivity index (χ1v) is 9.34. The van der Waals surface area contributed by atoms with Crippen LogP contribution in [-0.4, -0.2) is 35.7 Å². The van der Waals surface area contributed by atoms with Crippen LogP contribution in [-0.2, 0) is 16.0 Å². The molecule has 3 aromatic rings. The second-order valence-corrected chi connectivity index (χ2v) is 6.74. The molecule has 0 fully saturated rings. The number of nitrogens with one attached hydrogen (secondary N) is 2. The quantitative estimate of drug-likeness (QED) is 0.632. The normalized spacial score (nSPS) is 12.0. The van der Waals surface area contributed by atoms with Gasteiger partial charge in [-0.05, 0) is 22.3 Å². The fourth-order valence-corrected chi connectivity index (χ4v) is 3.58. The number of methoxy groups -OCH3 is 1. The van der Waals surface area contributed by atoms with Crippen LogP contribution in [0.2, 0.25) is 0 Å². The number of hydrogen-bond acceptors (Lipinski definition) is 6. The van der Waals surface area contributed by atoms with E-state index < -0.39 is 17.6 Å². The van der Waals surface area contributed by atoms with Crippen molar-refractivity contribution in [2.45, 2.75) is 12.5 Å². The summed E-state index contributed by atoms with van der Waals surface area (Å²) in [5, 5.41) is 2.55. The number of nitrogens with zero attached hydrogens (tertiary/aromatic N) is 1. The molecule has 152 valence electrons. The van der Waals surface area contributed by atoms with Gasteiger partial charge in [-0.3, -0.25) is 4.79 Å². The van der Waals surface area contributed by atoms with Crippen LogP contribution in [0.5, 0.6) is 0 Å². The van der Waals surface area contributed by atoms with Crippen molar-refractivity contribution in [2.75, 3.05) is 13.7 Å². The minimum absolute atomic E-state index is 0.0413. The van der Waals surface area contributed by atoms with Gasteiger partial charge in [-0.2, -0.15) is 0 Å². The number of hydrogen-bond donors (Lipinski definition) is 2. The molecule has 0 unspecified atom stereocenters. The molecule has 0 radical (unpaired) electrons. The molecule has 0 saturated carbocycles. The van der Waals surface area contributed by atoms with Crippen LogP contribution in [0.1, 0.15) is 33.2 Å². The molecule has 0 bridgehead atoms. The monoisotopic (exact) mass is 405 g/mol. The Kier molecular flexibility index (Phi) is 5.30. The van der Waals surface area contributed by atoms with Gasteiger partial charge in [-0.1, -0.05) is 48.5 Å². The number of aromatic nitrogens is 2. The Morgan fingerprint density at radius 1 is 1.07 bits per heavy atom. The maximum atomic E-state index is 12.2. The van der Waals surface area contributed by atoms with E-state index in [-0.39, 0.29) is 30.5 Å². The second-order valence-electron chi connectivity index (χ2n) is 6.74. The average molecular weight is 405 g/mol. The lowest BCUT2D eigenvalue weighted by Gasteiger charge is -2.14. The maximum absolute atomic E-state index is 12.2. The van der Waals surface area contributed by atoms with Gasteiger partial charge in [-0.25, -0.2) is 14.6 Å². The number of aromatic amines is 1. The highest BCUT2D eigenvalue weighted by atomic mass is 16.5. The highest BCUT2D eigenvalue weighted by Gasteiger charge is 2.28. The first-order chi connectivity index (χ1) is 14.6. The predicted octanol–water partition coefficient (Wildman–Crippen LogP) is 2.60. The molecule has 2 aromatic carbocycles. The zero-order valence-corrected chi connectivity index (χ0v) is 16.2. The Labute approximate surface area is 171 Å². The first-order valence-electron chi connectivity index (χ1n) is 9.34. The molecule has 1 amide bonds. The number of carbonyl (C=O) groups is 2. The van der Waals surface area contributed by atoms with Gasteiger partial charge in [-0.15, -0.1) is 0 Å². The SMILES string of the molecule is COC(=O)c1cnc(CNC(=O)OCC2c3ccccc3-c3ccccc32)[nH]c1=O. The third-order valence-corrected chi connectivity index (χ3v) is 5.00. The van der Waals surface area contributed by atoms with Crippen molar-refractivity contribution in [1.82, 2.24) is 15.3 Å². The minimum Gasteiger partial charge on any atom is -0.465 e. The molecule has 0 spiro atoms. The Balaban J connectivity index is 1.39. The number of ether oxygens (including phenoxy) is 2.